The molecular weight excluding hydrogens is 362 g/mol. The number of hydrogen-bond donors (Lipinski definition) is 0. The number of nitrogens with zero attached hydrogens (tertiary/aromatic N) is 1. The zero-order chi connectivity index (χ0) is 20.1. The Labute approximate surface area is 168 Å². The first-order chi connectivity index (χ1) is 14.3. The van der Waals surface area contributed by atoms with Gasteiger partial charge in [-0.25, -0.2) is 4.98 Å². The minimum Gasteiger partial charge on any atom is -0.496 e. The second-order valence-corrected chi connectivity index (χ2v) is 6.36. The molecule has 29 heavy (non-hydrogen) atoms. The van der Waals surface area contributed by atoms with Crippen molar-refractivity contribution in [2.45, 2.75) is 0 Å². The lowest BCUT2D eigenvalue weighted by Crippen LogP contribution is -2.02. The second-order valence-electron chi connectivity index (χ2n) is 6.36. The van der Waals surface area contributed by atoms with Crippen molar-refractivity contribution in [1.82, 2.24) is 4.98 Å². The van der Waals surface area contributed by atoms with Crippen LogP contribution >= 0.6 is 0 Å². The van der Waals surface area contributed by atoms with Gasteiger partial charge in [-0.1, -0.05) is 72.8 Å². The Balaban J connectivity index is 1.76. The van der Waals surface area contributed by atoms with Crippen molar-refractivity contribution >= 4 is 28.5 Å². The van der Waals surface area contributed by atoms with Crippen molar-refractivity contribution in [2.75, 3.05) is 7.11 Å². The molecule has 4 aromatic rings. The first-order valence-electron chi connectivity index (χ1n) is 9.23. The minimum absolute atomic E-state index is 0.151. The number of carbonyl (C=O) groups excluding carboxylic acids is 1. The van der Waals surface area contributed by atoms with Crippen LogP contribution in [0, 0.1) is 0 Å². The molecule has 0 spiro atoms. The van der Waals surface area contributed by atoms with Crippen molar-refractivity contribution in [1.29, 1.82) is 0 Å². The van der Waals surface area contributed by atoms with E-state index in [-0.39, 0.29) is 5.78 Å². The maximum atomic E-state index is 13.2. The average Bonchev–Trinajstić information content (AvgIpc) is 3.21. The highest BCUT2D eigenvalue weighted by Crippen LogP contribution is 2.25. The molecule has 0 saturated carbocycles. The Hall–Kier alpha value is -3.92. The third-order valence-corrected chi connectivity index (χ3v) is 4.48. The molecule has 0 aliphatic heterocycles. The van der Waals surface area contributed by atoms with E-state index in [1.54, 1.807) is 25.3 Å². The van der Waals surface area contributed by atoms with E-state index in [0.717, 1.165) is 11.3 Å². The van der Waals surface area contributed by atoms with E-state index in [1.165, 1.54) is 0 Å². The van der Waals surface area contributed by atoms with E-state index >= 15 is 0 Å². The molecule has 0 aliphatic carbocycles. The summed E-state index contributed by atoms with van der Waals surface area (Å²) in [4.78, 5) is 17.7. The number of ketones is 1. The van der Waals surface area contributed by atoms with Crippen molar-refractivity contribution in [2.24, 2.45) is 0 Å². The molecule has 142 valence electrons. The largest absolute Gasteiger partial charge is 0.496 e. The van der Waals surface area contributed by atoms with Crippen molar-refractivity contribution in [3.8, 4) is 5.75 Å². The van der Waals surface area contributed by atoms with Gasteiger partial charge in [-0.15, -0.1) is 0 Å². The monoisotopic (exact) mass is 381 g/mol. The highest BCUT2D eigenvalue weighted by atomic mass is 16.5. The van der Waals surface area contributed by atoms with Gasteiger partial charge in [0.1, 0.15) is 11.3 Å². The highest BCUT2D eigenvalue weighted by Gasteiger charge is 2.19. The fraction of sp³-hybridized carbons (Fsp3) is 0.0400. The average molecular weight is 381 g/mol. The third kappa shape index (κ3) is 4.01. The molecule has 0 N–H and O–H groups in total. The molecule has 0 aliphatic rings. The number of Topliss-reactive ketones (excluding diaryl/α,β-unsaturated/α-hetero) is 1. The third-order valence-electron chi connectivity index (χ3n) is 4.48. The summed E-state index contributed by atoms with van der Waals surface area (Å²) < 4.78 is 11.2. The van der Waals surface area contributed by atoms with E-state index in [9.17, 15) is 4.79 Å². The predicted molar refractivity (Wildman–Crippen MR) is 115 cm³/mol. The summed E-state index contributed by atoms with van der Waals surface area (Å²) in [5.74, 6) is 0.904. The Morgan fingerprint density at radius 1 is 0.931 bits per heavy atom. The minimum atomic E-state index is -0.151. The van der Waals surface area contributed by atoms with Crippen LogP contribution in [0.25, 0.3) is 22.7 Å². The van der Waals surface area contributed by atoms with Gasteiger partial charge in [0.05, 0.1) is 12.7 Å². The van der Waals surface area contributed by atoms with E-state index in [4.69, 9.17) is 9.15 Å². The van der Waals surface area contributed by atoms with Crippen LogP contribution < -0.4 is 4.74 Å². The van der Waals surface area contributed by atoms with Gasteiger partial charge in [0.2, 0.25) is 5.89 Å². The SMILES string of the molecule is COc1ccccc1/C=C/C=C(\C(=O)c1ccccc1)c1nc2ccccc2o1. The number of carbonyl (C=O) groups is 1. The number of hydrogen-bond acceptors (Lipinski definition) is 4. The number of aromatic nitrogens is 1. The summed E-state index contributed by atoms with van der Waals surface area (Å²) >= 11 is 0. The van der Waals surface area contributed by atoms with Crippen LogP contribution in [0.4, 0.5) is 0 Å². The van der Waals surface area contributed by atoms with Crippen LogP contribution in [0.2, 0.25) is 0 Å². The van der Waals surface area contributed by atoms with Gasteiger partial charge >= 0.3 is 0 Å². The maximum Gasteiger partial charge on any atom is 0.231 e. The summed E-state index contributed by atoms with van der Waals surface area (Å²) in [6, 6.07) is 24.2. The lowest BCUT2D eigenvalue weighted by molar-refractivity contribution is 0.105. The molecule has 1 heterocycles. The number of fused-ring (bicyclic) bond motifs is 1. The molecular formula is C25H19NO3. The summed E-state index contributed by atoms with van der Waals surface area (Å²) in [6.45, 7) is 0. The number of oxazole rings is 1. The maximum absolute atomic E-state index is 13.2. The van der Waals surface area contributed by atoms with Gasteiger partial charge in [0, 0.05) is 11.1 Å². The first-order valence-corrected chi connectivity index (χ1v) is 9.23. The van der Waals surface area contributed by atoms with Gasteiger partial charge in [0.25, 0.3) is 0 Å². The number of allylic oxidation sites excluding steroid dienone is 3. The van der Waals surface area contributed by atoms with Gasteiger partial charge in [-0.05, 0) is 24.3 Å². The Kier molecular flexibility index (Phi) is 5.34. The molecule has 0 amide bonds. The summed E-state index contributed by atoms with van der Waals surface area (Å²) in [7, 11) is 1.63. The smallest absolute Gasteiger partial charge is 0.231 e. The van der Waals surface area contributed by atoms with Crippen LogP contribution in [-0.2, 0) is 0 Å². The van der Waals surface area contributed by atoms with Crippen molar-refractivity contribution in [3.05, 3.63) is 108 Å². The number of benzene rings is 3. The van der Waals surface area contributed by atoms with Crippen molar-refractivity contribution in [3.63, 3.8) is 0 Å². The second kappa shape index (κ2) is 8.40. The van der Waals surface area contributed by atoms with E-state index < -0.39 is 0 Å². The number of ether oxygens (including phenoxy) is 1. The van der Waals surface area contributed by atoms with Gasteiger partial charge in [-0.3, -0.25) is 4.79 Å². The molecule has 0 unspecified atom stereocenters. The van der Waals surface area contributed by atoms with E-state index in [0.29, 0.717) is 28.1 Å². The van der Waals surface area contributed by atoms with Crippen LogP contribution in [0.1, 0.15) is 21.8 Å². The van der Waals surface area contributed by atoms with Gasteiger partial charge < -0.3 is 9.15 Å². The summed E-state index contributed by atoms with van der Waals surface area (Å²) in [5, 5.41) is 0. The molecule has 0 bridgehead atoms. The zero-order valence-corrected chi connectivity index (χ0v) is 15.9. The van der Waals surface area contributed by atoms with E-state index in [1.807, 2.05) is 78.9 Å². The molecule has 4 rings (SSSR count). The molecule has 3 aromatic carbocycles. The Morgan fingerprint density at radius 2 is 1.66 bits per heavy atom. The predicted octanol–water partition coefficient (Wildman–Crippen LogP) is 5.82. The van der Waals surface area contributed by atoms with Crippen molar-refractivity contribution < 1.29 is 13.9 Å². The number of rotatable bonds is 6. The number of methoxy groups -OCH3 is 1. The quantitative estimate of drug-likeness (QED) is 0.240. The molecule has 0 saturated heterocycles. The fourth-order valence-corrected chi connectivity index (χ4v) is 3.03. The summed E-state index contributed by atoms with van der Waals surface area (Å²) in [5.41, 5.74) is 3.23. The van der Waals surface area contributed by atoms with Gasteiger partial charge in [-0.2, -0.15) is 0 Å². The lowest BCUT2D eigenvalue weighted by atomic mass is 10.0. The van der Waals surface area contributed by atoms with Crippen LogP contribution in [0.15, 0.2) is 95.4 Å². The Morgan fingerprint density at radius 3 is 2.45 bits per heavy atom. The van der Waals surface area contributed by atoms with Crippen LogP contribution in [0.5, 0.6) is 5.75 Å². The molecule has 0 fully saturated rings. The van der Waals surface area contributed by atoms with Crippen LogP contribution in [0.3, 0.4) is 0 Å². The van der Waals surface area contributed by atoms with Crippen LogP contribution in [-0.4, -0.2) is 17.9 Å². The fourth-order valence-electron chi connectivity index (χ4n) is 3.03. The molecule has 1 aromatic heterocycles. The topological polar surface area (TPSA) is 52.3 Å². The Bertz CT molecular complexity index is 1170. The molecule has 4 nitrogen and oxygen atoms in total. The molecule has 0 radical (unpaired) electrons. The molecule has 4 heteroatoms. The standard InChI is InChI=1S/C25H19NO3/c1-28-22-16-7-5-10-18(22)13-9-14-20(24(27)19-11-3-2-4-12-19)25-26-21-15-6-8-17-23(21)29-25/h2-17H,1H3/b13-9+,20-14+. The lowest BCUT2D eigenvalue weighted by Gasteiger charge is -2.04. The van der Waals surface area contributed by atoms with E-state index in [2.05, 4.69) is 4.98 Å². The van der Waals surface area contributed by atoms with Gasteiger partial charge in [0.15, 0.2) is 11.4 Å². The first kappa shape index (κ1) is 18.4. The molecule has 0 atom stereocenters. The number of para-hydroxylation sites is 3. The highest BCUT2D eigenvalue weighted by molar-refractivity contribution is 6.28. The zero-order valence-electron chi connectivity index (χ0n) is 15.9. The summed E-state index contributed by atoms with van der Waals surface area (Å²) in [6.07, 6.45) is 5.43. The normalized spacial score (nSPS) is 11.8.